The van der Waals surface area contributed by atoms with Gasteiger partial charge in [0.05, 0.1) is 0 Å². The van der Waals surface area contributed by atoms with Gasteiger partial charge in [-0.3, -0.25) is 4.79 Å². The van der Waals surface area contributed by atoms with Gasteiger partial charge in [0.15, 0.2) is 5.78 Å². The van der Waals surface area contributed by atoms with Crippen molar-refractivity contribution in [3.8, 4) is 0 Å². The lowest BCUT2D eigenvalue weighted by Crippen LogP contribution is -2.03. The van der Waals surface area contributed by atoms with Crippen LogP contribution in [0.3, 0.4) is 0 Å². The fraction of sp³-hybridized carbons (Fsp3) is 0.364. The van der Waals surface area contributed by atoms with E-state index in [0.29, 0.717) is 12.3 Å². The van der Waals surface area contributed by atoms with Crippen LogP contribution in [0.15, 0.2) is 16.6 Å². The standard InChI is InChI=1S/C11H12BrClO/c1-7-8(2)10(12)4-3-9(7)11(14)5-6-13/h3-4H,5-6H2,1-2H3. The van der Waals surface area contributed by atoms with E-state index in [1.165, 1.54) is 0 Å². The van der Waals surface area contributed by atoms with E-state index in [0.717, 1.165) is 21.2 Å². The number of hydrogen-bond donors (Lipinski definition) is 0. The molecule has 0 aliphatic rings. The van der Waals surface area contributed by atoms with Crippen LogP contribution in [0.1, 0.15) is 27.9 Å². The minimum absolute atomic E-state index is 0.119. The predicted octanol–water partition coefficient (Wildman–Crippen LogP) is 3.88. The Labute approximate surface area is 97.6 Å². The maximum atomic E-state index is 11.6. The van der Waals surface area contributed by atoms with Crippen molar-refractivity contribution in [3.63, 3.8) is 0 Å². The topological polar surface area (TPSA) is 17.1 Å². The molecule has 0 heterocycles. The number of alkyl halides is 1. The van der Waals surface area contributed by atoms with Gasteiger partial charge < -0.3 is 0 Å². The molecule has 0 aliphatic heterocycles. The van der Waals surface area contributed by atoms with Gasteiger partial charge >= 0.3 is 0 Å². The summed E-state index contributed by atoms with van der Waals surface area (Å²) in [5.74, 6) is 0.501. The highest BCUT2D eigenvalue weighted by molar-refractivity contribution is 9.10. The minimum Gasteiger partial charge on any atom is -0.294 e. The highest BCUT2D eigenvalue weighted by Gasteiger charge is 2.10. The number of carbonyl (C=O) groups is 1. The largest absolute Gasteiger partial charge is 0.294 e. The predicted molar refractivity (Wildman–Crippen MR) is 63.3 cm³/mol. The smallest absolute Gasteiger partial charge is 0.164 e. The molecule has 1 rings (SSSR count). The molecule has 0 saturated heterocycles. The lowest BCUT2D eigenvalue weighted by molar-refractivity contribution is 0.0988. The van der Waals surface area contributed by atoms with Crippen LogP contribution in [-0.4, -0.2) is 11.7 Å². The molecule has 3 heteroatoms. The van der Waals surface area contributed by atoms with Crippen LogP contribution in [0.4, 0.5) is 0 Å². The summed E-state index contributed by atoms with van der Waals surface area (Å²) in [7, 11) is 0. The summed E-state index contributed by atoms with van der Waals surface area (Å²) in [6.45, 7) is 3.96. The Kier molecular flexibility index (Phi) is 4.14. The normalized spacial score (nSPS) is 10.3. The highest BCUT2D eigenvalue weighted by Crippen LogP contribution is 2.23. The molecule has 1 aromatic rings. The molecule has 1 nitrogen and oxygen atoms in total. The van der Waals surface area contributed by atoms with Gasteiger partial charge in [-0.1, -0.05) is 22.0 Å². The van der Waals surface area contributed by atoms with Gasteiger partial charge in [-0.05, 0) is 31.0 Å². The van der Waals surface area contributed by atoms with Gasteiger partial charge in [0, 0.05) is 22.3 Å². The first kappa shape index (κ1) is 11.7. The van der Waals surface area contributed by atoms with Crippen molar-refractivity contribution in [2.24, 2.45) is 0 Å². The number of hydrogen-bond acceptors (Lipinski definition) is 1. The Balaban J connectivity index is 3.11. The zero-order valence-corrected chi connectivity index (χ0v) is 10.6. The quantitative estimate of drug-likeness (QED) is 0.604. The molecule has 76 valence electrons. The van der Waals surface area contributed by atoms with E-state index in [9.17, 15) is 4.79 Å². The molecule has 0 saturated carbocycles. The van der Waals surface area contributed by atoms with Crippen molar-refractivity contribution in [1.29, 1.82) is 0 Å². The summed E-state index contributed by atoms with van der Waals surface area (Å²) in [6.07, 6.45) is 0.406. The van der Waals surface area contributed by atoms with E-state index in [1.54, 1.807) is 0 Å². The van der Waals surface area contributed by atoms with Gasteiger partial charge in [0.1, 0.15) is 0 Å². The van der Waals surface area contributed by atoms with E-state index in [2.05, 4.69) is 15.9 Å². The Morgan fingerprint density at radius 2 is 2.00 bits per heavy atom. The SMILES string of the molecule is Cc1c(Br)ccc(C(=O)CCCl)c1C. The third-order valence-electron chi connectivity index (χ3n) is 2.34. The molecule has 0 aromatic heterocycles. The molecular formula is C11H12BrClO. The van der Waals surface area contributed by atoms with Crippen LogP contribution in [0.5, 0.6) is 0 Å². The summed E-state index contributed by atoms with van der Waals surface area (Å²) in [5, 5.41) is 0. The van der Waals surface area contributed by atoms with E-state index < -0.39 is 0 Å². The molecule has 1 aromatic carbocycles. The number of carbonyl (C=O) groups excluding carboxylic acids is 1. The summed E-state index contributed by atoms with van der Waals surface area (Å²) in [6, 6.07) is 3.76. The van der Waals surface area contributed by atoms with Gasteiger partial charge in [-0.15, -0.1) is 11.6 Å². The zero-order chi connectivity index (χ0) is 10.7. The number of Topliss-reactive ketones (excluding diaryl/α,β-unsaturated/α-hetero) is 1. The number of benzene rings is 1. The second-order valence-electron chi connectivity index (χ2n) is 3.21. The summed E-state index contributed by atoms with van der Waals surface area (Å²) in [5.41, 5.74) is 2.94. The fourth-order valence-electron chi connectivity index (χ4n) is 1.31. The second-order valence-corrected chi connectivity index (χ2v) is 4.44. The van der Waals surface area contributed by atoms with Crippen molar-refractivity contribution in [1.82, 2.24) is 0 Å². The molecule has 0 fully saturated rings. The Morgan fingerprint density at radius 3 is 2.57 bits per heavy atom. The average molecular weight is 276 g/mol. The van der Waals surface area contributed by atoms with E-state index in [-0.39, 0.29) is 5.78 Å². The van der Waals surface area contributed by atoms with Crippen molar-refractivity contribution in [2.45, 2.75) is 20.3 Å². The molecular weight excluding hydrogens is 263 g/mol. The van der Waals surface area contributed by atoms with Crippen LogP contribution in [-0.2, 0) is 0 Å². The van der Waals surface area contributed by atoms with E-state index in [1.807, 2.05) is 26.0 Å². The van der Waals surface area contributed by atoms with Gasteiger partial charge in [0.25, 0.3) is 0 Å². The summed E-state index contributed by atoms with van der Waals surface area (Å²) in [4.78, 5) is 11.6. The van der Waals surface area contributed by atoms with Crippen molar-refractivity contribution in [3.05, 3.63) is 33.3 Å². The summed E-state index contributed by atoms with van der Waals surface area (Å²) >= 11 is 8.97. The maximum Gasteiger partial charge on any atom is 0.164 e. The van der Waals surface area contributed by atoms with Crippen molar-refractivity contribution < 1.29 is 4.79 Å². The molecule has 0 spiro atoms. The van der Waals surface area contributed by atoms with Gasteiger partial charge in [0.2, 0.25) is 0 Å². The molecule has 0 unspecified atom stereocenters. The Bertz CT molecular complexity index is 361. The third kappa shape index (κ3) is 2.37. The van der Waals surface area contributed by atoms with Crippen molar-refractivity contribution >= 4 is 33.3 Å². The molecule has 0 amide bonds. The number of halogens is 2. The van der Waals surface area contributed by atoms with E-state index >= 15 is 0 Å². The third-order valence-corrected chi connectivity index (χ3v) is 3.39. The van der Waals surface area contributed by atoms with Gasteiger partial charge in [-0.25, -0.2) is 0 Å². The van der Waals surface area contributed by atoms with Crippen LogP contribution in [0, 0.1) is 13.8 Å². The van der Waals surface area contributed by atoms with Crippen LogP contribution in [0.2, 0.25) is 0 Å². The fourth-order valence-corrected chi connectivity index (χ4v) is 1.91. The van der Waals surface area contributed by atoms with Crippen LogP contribution in [0.25, 0.3) is 0 Å². The monoisotopic (exact) mass is 274 g/mol. The van der Waals surface area contributed by atoms with Crippen molar-refractivity contribution in [2.75, 3.05) is 5.88 Å². The minimum atomic E-state index is 0.119. The number of rotatable bonds is 3. The zero-order valence-electron chi connectivity index (χ0n) is 8.23. The average Bonchev–Trinajstić information content (AvgIpc) is 2.15. The first-order valence-electron chi connectivity index (χ1n) is 4.42. The molecule has 0 aliphatic carbocycles. The maximum absolute atomic E-state index is 11.6. The first-order chi connectivity index (χ1) is 6.57. The summed E-state index contributed by atoms with van der Waals surface area (Å²) < 4.78 is 1.04. The molecule has 0 bridgehead atoms. The molecule has 0 N–H and O–H groups in total. The van der Waals surface area contributed by atoms with Crippen LogP contribution >= 0.6 is 27.5 Å². The lowest BCUT2D eigenvalue weighted by atomic mass is 9.99. The van der Waals surface area contributed by atoms with E-state index in [4.69, 9.17) is 11.6 Å². The van der Waals surface area contributed by atoms with Gasteiger partial charge in [-0.2, -0.15) is 0 Å². The van der Waals surface area contributed by atoms with Crippen LogP contribution < -0.4 is 0 Å². The Morgan fingerprint density at radius 1 is 1.36 bits per heavy atom. The Hall–Kier alpha value is -0.340. The second kappa shape index (κ2) is 4.94. The number of ketones is 1. The lowest BCUT2D eigenvalue weighted by Gasteiger charge is -2.08. The first-order valence-corrected chi connectivity index (χ1v) is 5.75. The highest BCUT2D eigenvalue weighted by atomic mass is 79.9. The molecule has 0 radical (unpaired) electrons. The molecule has 0 atom stereocenters. The molecule has 14 heavy (non-hydrogen) atoms.